The summed E-state index contributed by atoms with van der Waals surface area (Å²) in [6.07, 6.45) is 0. The first-order valence-corrected chi connectivity index (χ1v) is 8.38. The zero-order valence-corrected chi connectivity index (χ0v) is 14.6. The number of hydrogen-bond donors (Lipinski definition) is 0. The summed E-state index contributed by atoms with van der Waals surface area (Å²) in [6.45, 7) is 0. The number of hydrogen-bond acceptors (Lipinski definition) is 3. The lowest BCUT2D eigenvalue weighted by atomic mass is 10.2. The van der Waals surface area contributed by atoms with Gasteiger partial charge in [-0.25, -0.2) is 9.67 Å². The second-order valence-corrected chi connectivity index (χ2v) is 5.72. The molecule has 5 heteroatoms. The van der Waals surface area contributed by atoms with Gasteiger partial charge >= 0.3 is 16.6 Å². The average Bonchev–Trinajstić information content (AvgIpc) is 3.14. The van der Waals surface area contributed by atoms with E-state index in [4.69, 9.17) is 13.9 Å². The van der Waals surface area contributed by atoms with Crippen molar-refractivity contribution in [3.8, 4) is 34.2 Å². The number of aromatic nitrogens is 3. The molecule has 2 radical (unpaired) electrons. The molecule has 1 aromatic heterocycles. The maximum atomic E-state index is 5.44. The van der Waals surface area contributed by atoms with Crippen LogP contribution in [0.5, 0.6) is 5.75 Å². The van der Waals surface area contributed by atoms with Gasteiger partial charge in [0.05, 0.1) is 17.0 Å². The van der Waals surface area contributed by atoms with Gasteiger partial charge in [-0.1, -0.05) is 60.7 Å². The van der Waals surface area contributed by atoms with Gasteiger partial charge in [0.15, 0.2) is 11.6 Å². The Balaban J connectivity index is 1.94. The fourth-order valence-electron chi connectivity index (χ4n) is 2.70. The van der Waals surface area contributed by atoms with Crippen molar-refractivity contribution in [2.75, 3.05) is 0 Å². The van der Waals surface area contributed by atoms with Gasteiger partial charge < -0.3 is 3.79 Å². The largest absolute Gasteiger partial charge is 0.653 e. The second kappa shape index (κ2) is 6.94. The molecule has 4 aromatic rings. The van der Waals surface area contributed by atoms with Crippen molar-refractivity contribution in [2.24, 2.45) is 0 Å². The molecule has 0 fully saturated rings. The minimum atomic E-state index is 0.679. The highest BCUT2D eigenvalue weighted by molar-refractivity contribution is 6.00. The van der Waals surface area contributed by atoms with Crippen LogP contribution in [0.1, 0.15) is 0 Å². The third-order valence-electron chi connectivity index (χ3n) is 3.89. The summed E-state index contributed by atoms with van der Waals surface area (Å²) in [5, 5.41) is 4.75. The highest BCUT2D eigenvalue weighted by Gasteiger charge is 2.17. The number of para-hydroxylation sites is 2. The Kier molecular flexibility index (Phi) is 4.34. The van der Waals surface area contributed by atoms with Gasteiger partial charge in [0.2, 0.25) is 0 Å². The lowest BCUT2D eigenvalue weighted by molar-refractivity contribution is 0.617. The molecule has 0 bridgehead atoms. The van der Waals surface area contributed by atoms with Crippen LogP contribution in [0.15, 0.2) is 84.9 Å². The molecule has 25 heavy (non-hydrogen) atoms. The Hall–Kier alpha value is -2.87. The van der Waals surface area contributed by atoms with E-state index in [0.29, 0.717) is 5.82 Å². The SMILES string of the molecule is [Al][O]c1ccccc1-c1nc(-c2ccccc2)nn1-c1ccccc1. The van der Waals surface area contributed by atoms with Crippen molar-refractivity contribution in [1.29, 1.82) is 0 Å². The van der Waals surface area contributed by atoms with E-state index >= 15 is 0 Å². The summed E-state index contributed by atoms with van der Waals surface area (Å²) in [6, 6.07) is 27.7. The van der Waals surface area contributed by atoms with E-state index in [9.17, 15) is 0 Å². The van der Waals surface area contributed by atoms with Gasteiger partial charge in [0.1, 0.15) is 0 Å². The number of rotatable bonds is 4. The van der Waals surface area contributed by atoms with E-state index in [2.05, 4.69) is 16.6 Å². The lowest BCUT2D eigenvalue weighted by Gasteiger charge is -2.10. The number of benzene rings is 3. The maximum Gasteiger partial charge on any atom is 0.482 e. The van der Waals surface area contributed by atoms with Gasteiger partial charge in [-0.05, 0) is 24.3 Å². The molecule has 0 aliphatic carbocycles. The summed E-state index contributed by atoms with van der Waals surface area (Å²) in [5.41, 5.74) is 2.81. The first-order chi connectivity index (χ1) is 12.4. The third kappa shape index (κ3) is 3.08. The topological polar surface area (TPSA) is 39.9 Å². The smallest absolute Gasteiger partial charge is 0.482 e. The highest BCUT2D eigenvalue weighted by atomic mass is 27.1. The molecule has 0 aliphatic heterocycles. The van der Waals surface area contributed by atoms with E-state index in [1.807, 2.05) is 89.6 Å². The molecule has 4 nitrogen and oxygen atoms in total. The predicted molar refractivity (Wildman–Crippen MR) is 98.6 cm³/mol. The Morgan fingerprint density at radius 3 is 2.12 bits per heavy atom. The van der Waals surface area contributed by atoms with E-state index in [-0.39, 0.29) is 0 Å². The Morgan fingerprint density at radius 1 is 0.760 bits per heavy atom. The molecule has 0 amide bonds. The highest BCUT2D eigenvalue weighted by Crippen LogP contribution is 2.31. The Morgan fingerprint density at radius 2 is 1.40 bits per heavy atom. The fourth-order valence-corrected chi connectivity index (χ4v) is 2.90. The van der Waals surface area contributed by atoms with Crippen molar-refractivity contribution in [3.63, 3.8) is 0 Å². The van der Waals surface area contributed by atoms with E-state index in [1.54, 1.807) is 0 Å². The van der Waals surface area contributed by atoms with Crippen LogP contribution in [0.3, 0.4) is 0 Å². The van der Waals surface area contributed by atoms with Crippen molar-refractivity contribution in [2.45, 2.75) is 0 Å². The maximum absolute atomic E-state index is 5.44. The van der Waals surface area contributed by atoms with E-state index in [1.165, 1.54) is 0 Å². The van der Waals surface area contributed by atoms with Crippen LogP contribution >= 0.6 is 0 Å². The predicted octanol–water partition coefficient (Wildman–Crippen LogP) is 4.06. The van der Waals surface area contributed by atoms with Crippen LogP contribution in [-0.4, -0.2) is 31.4 Å². The molecule has 0 saturated carbocycles. The molecule has 0 unspecified atom stereocenters. The van der Waals surface area contributed by atoms with E-state index in [0.717, 1.165) is 28.4 Å². The first-order valence-electron chi connectivity index (χ1n) is 7.91. The van der Waals surface area contributed by atoms with Gasteiger partial charge in [0, 0.05) is 5.56 Å². The van der Waals surface area contributed by atoms with Crippen molar-refractivity contribution in [3.05, 3.63) is 84.9 Å². The second-order valence-electron chi connectivity index (χ2n) is 5.49. The van der Waals surface area contributed by atoms with Gasteiger partial charge in [-0.15, -0.1) is 5.10 Å². The molecular weight excluding hydrogens is 325 g/mol. The third-order valence-corrected chi connectivity index (χ3v) is 4.15. The quantitative estimate of drug-likeness (QED) is 0.526. The first kappa shape index (κ1) is 15.6. The monoisotopic (exact) mass is 339 g/mol. The van der Waals surface area contributed by atoms with Gasteiger partial charge in [0.25, 0.3) is 0 Å². The number of nitrogens with zero attached hydrogens (tertiary/aromatic N) is 3. The summed E-state index contributed by atoms with van der Waals surface area (Å²) in [5.74, 6) is 2.15. The molecule has 0 saturated heterocycles. The summed E-state index contributed by atoms with van der Waals surface area (Å²) in [7, 11) is 0. The van der Waals surface area contributed by atoms with E-state index < -0.39 is 0 Å². The molecule has 0 atom stereocenters. The minimum absolute atomic E-state index is 0.679. The molecular formula is C20H14AlN3O. The van der Waals surface area contributed by atoms with Crippen molar-refractivity contribution >= 4 is 16.6 Å². The molecule has 0 N–H and O–H groups in total. The summed E-state index contributed by atoms with van der Waals surface area (Å²) in [4.78, 5) is 4.80. The Labute approximate surface area is 154 Å². The molecule has 118 valence electrons. The van der Waals surface area contributed by atoms with Crippen molar-refractivity contribution in [1.82, 2.24) is 14.8 Å². The zero-order chi connectivity index (χ0) is 17.1. The van der Waals surface area contributed by atoms with Crippen LogP contribution in [0.4, 0.5) is 0 Å². The average molecular weight is 339 g/mol. The van der Waals surface area contributed by atoms with Crippen LogP contribution in [0.2, 0.25) is 0 Å². The molecule has 0 spiro atoms. The molecule has 3 aromatic carbocycles. The van der Waals surface area contributed by atoms with Gasteiger partial charge in [-0.2, -0.15) is 0 Å². The van der Waals surface area contributed by atoms with Crippen LogP contribution < -0.4 is 3.79 Å². The summed E-state index contributed by atoms with van der Waals surface area (Å²) < 4.78 is 7.29. The lowest BCUT2D eigenvalue weighted by Crippen LogP contribution is -2.00. The van der Waals surface area contributed by atoms with Crippen LogP contribution in [0, 0.1) is 0 Å². The standard InChI is InChI=1S/C20H15N3O.Al/c24-18-14-8-7-13-17(18)20-21-19(15-9-3-1-4-10-15)22-23(20)16-11-5-2-6-12-16;/h1-14,24H;/q;+1/p-1. The summed E-state index contributed by atoms with van der Waals surface area (Å²) >= 11 is 2.30. The molecule has 0 aliphatic rings. The minimum Gasteiger partial charge on any atom is -0.653 e. The zero-order valence-electron chi connectivity index (χ0n) is 13.4. The fraction of sp³-hybridized carbons (Fsp3) is 0. The normalized spacial score (nSPS) is 10.6. The Bertz CT molecular complexity index is 984. The van der Waals surface area contributed by atoms with Crippen molar-refractivity contribution < 1.29 is 3.79 Å². The van der Waals surface area contributed by atoms with Gasteiger partial charge in [-0.3, -0.25) is 0 Å². The van der Waals surface area contributed by atoms with Crippen LogP contribution in [-0.2, 0) is 0 Å². The molecule has 4 rings (SSSR count). The molecule has 1 heterocycles. The van der Waals surface area contributed by atoms with Crippen LogP contribution in [0.25, 0.3) is 28.5 Å².